The third kappa shape index (κ3) is 3.96. The molecule has 1 aromatic heterocycles. The van der Waals surface area contributed by atoms with E-state index in [0.717, 1.165) is 48.7 Å². The number of piperazine rings is 1. The molecule has 2 heterocycles. The number of aromatic nitrogens is 2. The highest BCUT2D eigenvalue weighted by Crippen LogP contribution is 2.33. The van der Waals surface area contributed by atoms with Crippen LogP contribution >= 0.6 is 0 Å². The molecule has 162 valence electrons. The fourth-order valence-corrected chi connectivity index (χ4v) is 4.18. The molecule has 4 nitrogen and oxygen atoms in total. The van der Waals surface area contributed by atoms with E-state index in [1.165, 1.54) is 17.2 Å². The summed E-state index contributed by atoms with van der Waals surface area (Å²) in [5.74, 6) is -0.241. The number of rotatable bonds is 3. The first-order chi connectivity index (χ1) is 15.5. The molecule has 1 aliphatic heterocycles. The molecule has 0 radical (unpaired) electrons. The van der Waals surface area contributed by atoms with Gasteiger partial charge in [0.25, 0.3) is 0 Å². The van der Waals surface area contributed by atoms with Crippen LogP contribution in [0.1, 0.15) is 11.1 Å². The van der Waals surface area contributed by atoms with Crippen molar-refractivity contribution >= 4 is 16.7 Å². The van der Waals surface area contributed by atoms with Gasteiger partial charge in [0.05, 0.1) is 28.1 Å². The van der Waals surface area contributed by atoms with Gasteiger partial charge in [0, 0.05) is 43.4 Å². The Morgan fingerprint density at radius 1 is 0.688 bits per heavy atom. The van der Waals surface area contributed by atoms with Crippen LogP contribution in [0.25, 0.3) is 33.5 Å². The van der Waals surface area contributed by atoms with E-state index >= 15 is 4.39 Å². The third-order valence-electron chi connectivity index (χ3n) is 6.23. The second-order valence-corrected chi connectivity index (χ2v) is 8.74. The van der Waals surface area contributed by atoms with E-state index < -0.39 is 0 Å². The molecule has 0 unspecified atom stereocenters. The van der Waals surface area contributed by atoms with E-state index in [0.29, 0.717) is 16.7 Å². The van der Waals surface area contributed by atoms with Crippen LogP contribution in [-0.4, -0.2) is 48.1 Å². The Morgan fingerprint density at radius 2 is 1.16 bits per heavy atom. The van der Waals surface area contributed by atoms with Crippen molar-refractivity contribution < 1.29 is 4.39 Å². The Kier molecular flexibility index (Phi) is 5.35. The van der Waals surface area contributed by atoms with Gasteiger partial charge < -0.3 is 9.80 Å². The van der Waals surface area contributed by atoms with Crippen LogP contribution in [0.4, 0.5) is 10.1 Å². The molecule has 0 spiro atoms. The van der Waals surface area contributed by atoms with Gasteiger partial charge in [-0.25, -0.2) is 14.4 Å². The maximum absolute atomic E-state index is 15.1. The summed E-state index contributed by atoms with van der Waals surface area (Å²) in [7, 11) is 2.10. The van der Waals surface area contributed by atoms with Crippen molar-refractivity contribution in [3.63, 3.8) is 0 Å². The monoisotopic (exact) mass is 426 g/mol. The lowest BCUT2D eigenvalue weighted by molar-refractivity contribution is 0.312. The Morgan fingerprint density at radius 3 is 1.66 bits per heavy atom. The van der Waals surface area contributed by atoms with E-state index in [1.54, 1.807) is 0 Å². The smallest absolute Gasteiger partial charge is 0.148 e. The number of benzene rings is 3. The van der Waals surface area contributed by atoms with E-state index in [2.05, 4.69) is 79.2 Å². The van der Waals surface area contributed by atoms with Crippen molar-refractivity contribution in [1.29, 1.82) is 0 Å². The molecule has 32 heavy (non-hydrogen) atoms. The number of hydrogen-bond donors (Lipinski definition) is 0. The summed E-state index contributed by atoms with van der Waals surface area (Å²) < 4.78 is 15.1. The highest BCUT2D eigenvalue weighted by molar-refractivity contribution is 5.88. The summed E-state index contributed by atoms with van der Waals surface area (Å²) in [6, 6.07) is 20.0. The molecule has 5 rings (SSSR count). The average Bonchev–Trinajstić information content (AvgIpc) is 2.80. The highest BCUT2D eigenvalue weighted by Gasteiger charge is 2.20. The minimum absolute atomic E-state index is 0.241. The molecule has 4 aromatic rings. The summed E-state index contributed by atoms with van der Waals surface area (Å²) in [5.41, 5.74) is 7.85. The largest absolute Gasteiger partial charge is 0.367 e. The van der Waals surface area contributed by atoms with Crippen LogP contribution in [-0.2, 0) is 0 Å². The van der Waals surface area contributed by atoms with Crippen molar-refractivity contribution in [2.45, 2.75) is 13.8 Å². The summed E-state index contributed by atoms with van der Waals surface area (Å²) in [4.78, 5) is 14.3. The molecule has 0 N–H and O–H groups in total. The second kappa shape index (κ2) is 8.32. The molecule has 5 heteroatoms. The van der Waals surface area contributed by atoms with Gasteiger partial charge in [-0.3, -0.25) is 0 Å². The van der Waals surface area contributed by atoms with E-state index in [1.807, 2.05) is 6.07 Å². The summed E-state index contributed by atoms with van der Waals surface area (Å²) in [6.07, 6.45) is 0. The van der Waals surface area contributed by atoms with Crippen molar-refractivity contribution in [2.24, 2.45) is 0 Å². The Hall–Kier alpha value is -3.31. The molecule has 0 saturated carbocycles. The summed E-state index contributed by atoms with van der Waals surface area (Å²) in [5, 5.41) is 0. The first kappa shape index (κ1) is 20.6. The zero-order valence-electron chi connectivity index (χ0n) is 18.8. The molecular weight excluding hydrogens is 399 g/mol. The highest BCUT2D eigenvalue weighted by atomic mass is 19.1. The predicted octanol–water partition coefficient (Wildman–Crippen LogP) is 5.47. The van der Waals surface area contributed by atoms with Gasteiger partial charge in [-0.05, 0) is 27.0 Å². The van der Waals surface area contributed by atoms with Gasteiger partial charge in [0.15, 0.2) is 0 Å². The molecule has 1 aliphatic rings. The van der Waals surface area contributed by atoms with Gasteiger partial charge in [-0.15, -0.1) is 0 Å². The minimum atomic E-state index is -0.241. The van der Waals surface area contributed by atoms with Crippen molar-refractivity contribution in [2.75, 3.05) is 38.1 Å². The lowest BCUT2D eigenvalue weighted by atomic mass is 10.0. The lowest BCUT2D eigenvalue weighted by Gasteiger charge is -2.34. The number of hydrogen-bond acceptors (Lipinski definition) is 4. The normalized spacial score (nSPS) is 14.8. The van der Waals surface area contributed by atoms with Crippen molar-refractivity contribution in [1.82, 2.24) is 14.9 Å². The number of aryl methyl sites for hydroxylation is 2. The maximum Gasteiger partial charge on any atom is 0.148 e. The topological polar surface area (TPSA) is 32.3 Å². The molecule has 1 saturated heterocycles. The Labute approximate surface area is 188 Å². The van der Waals surface area contributed by atoms with E-state index in [-0.39, 0.29) is 5.82 Å². The van der Waals surface area contributed by atoms with Gasteiger partial charge in [0.2, 0.25) is 0 Å². The fourth-order valence-electron chi connectivity index (χ4n) is 4.18. The molecule has 0 aliphatic carbocycles. The standard InChI is InChI=1S/C27H27FN4/c1-18-4-8-20(9-5-18)26-27(21-10-6-19(2)7-11-21)30-24-17-25(22(28)16-23(24)29-26)32-14-12-31(3)13-15-32/h4-11,16-17H,12-15H2,1-3H3. The summed E-state index contributed by atoms with van der Waals surface area (Å²) >= 11 is 0. The molecule has 0 atom stereocenters. The second-order valence-electron chi connectivity index (χ2n) is 8.74. The first-order valence-electron chi connectivity index (χ1n) is 11.1. The number of nitrogens with zero attached hydrogens (tertiary/aromatic N) is 4. The fraction of sp³-hybridized carbons (Fsp3) is 0.259. The average molecular weight is 427 g/mol. The minimum Gasteiger partial charge on any atom is -0.367 e. The van der Waals surface area contributed by atoms with Crippen LogP contribution in [0.15, 0.2) is 60.7 Å². The summed E-state index contributed by atoms with van der Waals surface area (Å²) in [6.45, 7) is 7.58. The Bertz CT molecular complexity index is 1260. The van der Waals surface area contributed by atoms with Gasteiger partial charge in [-0.1, -0.05) is 59.7 Å². The Balaban J connectivity index is 1.68. The zero-order valence-corrected chi connectivity index (χ0v) is 18.8. The maximum atomic E-state index is 15.1. The quantitative estimate of drug-likeness (QED) is 0.435. The molecule has 1 fully saturated rings. The molecule has 0 amide bonds. The van der Waals surface area contributed by atoms with Crippen LogP contribution < -0.4 is 4.90 Å². The third-order valence-corrected chi connectivity index (χ3v) is 6.23. The number of halogens is 1. The van der Waals surface area contributed by atoms with Crippen LogP contribution in [0.2, 0.25) is 0 Å². The van der Waals surface area contributed by atoms with Crippen LogP contribution in [0, 0.1) is 19.7 Å². The number of fused-ring (bicyclic) bond motifs is 1. The molecule has 0 bridgehead atoms. The number of likely N-dealkylation sites (N-methyl/N-ethyl adjacent to an activating group) is 1. The zero-order chi connectivity index (χ0) is 22.2. The van der Waals surface area contributed by atoms with Gasteiger partial charge in [0.1, 0.15) is 5.82 Å². The first-order valence-corrected chi connectivity index (χ1v) is 11.1. The molecule has 3 aromatic carbocycles. The van der Waals surface area contributed by atoms with E-state index in [9.17, 15) is 0 Å². The van der Waals surface area contributed by atoms with Crippen molar-refractivity contribution in [3.8, 4) is 22.5 Å². The van der Waals surface area contributed by atoms with Crippen molar-refractivity contribution in [3.05, 3.63) is 77.6 Å². The van der Waals surface area contributed by atoms with Crippen LogP contribution in [0.5, 0.6) is 0 Å². The van der Waals surface area contributed by atoms with Crippen LogP contribution in [0.3, 0.4) is 0 Å². The predicted molar refractivity (Wildman–Crippen MR) is 130 cm³/mol. The van der Waals surface area contributed by atoms with E-state index in [4.69, 9.17) is 9.97 Å². The van der Waals surface area contributed by atoms with Gasteiger partial charge >= 0.3 is 0 Å². The number of anilines is 1. The SMILES string of the molecule is Cc1ccc(-c2nc3cc(F)c(N4CCN(C)CC4)cc3nc2-c2ccc(C)cc2)cc1. The van der Waals surface area contributed by atoms with Gasteiger partial charge in [-0.2, -0.15) is 0 Å². The lowest BCUT2D eigenvalue weighted by Crippen LogP contribution is -2.44. The molecular formula is C27H27FN4.